The first-order valence-corrected chi connectivity index (χ1v) is 17.7. The van der Waals surface area contributed by atoms with E-state index in [1.54, 1.807) is 9.80 Å². The second-order valence-electron chi connectivity index (χ2n) is 12.6. The van der Waals surface area contributed by atoms with Crippen LogP contribution in [-0.2, 0) is 31.2 Å². The van der Waals surface area contributed by atoms with Gasteiger partial charge >= 0.3 is 13.3 Å². The zero-order valence-corrected chi connectivity index (χ0v) is 27.9. The molecular weight excluding hydrogens is 671 g/mol. The Balaban J connectivity index is 1.29. The number of rotatable bonds is 8. The molecule has 2 saturated heterocycles. The van der Waals surface area contributed by atoms with E-state index in [4.69, 9.17) is 9.79 Å². The molecule has 2 aliphatic rings. The number of carbonyl (C=O) groups is 4. The average molecular weight is 708 g/mol. The van der Waals surface area contributed by atoms with Crippen molar-refractivity contribution in [1.29, 1.82) is 0 Å². The molecule has 0 spiro atoms. The lowest BCUT2D eigenvalue weighted by Gasteiger charge is -2.39. The van der Waals surface area contributed by atoms with Crippen LogP contribution in [0.4, 0.5) is 14.5 Å². The maximum absolute atomic E-state index is 14.4. The van der Waals surface area contributed by atoms with Gasteiger partial charge in [0.1, 0.15) is 17.8 Å². The topological polar surface area (TPSA) is 163 Å². The van der Waals surface area contributed by atoms with Crippen LogP contribution in [0.2, 0.25) is 0 Å². The van der Waals surface area contributed by atoms with Crippen LogP contribution < -0.4 is 10.2 Å². The molecule has 0 saturated carbocycles. The summed E-state index contributed by atoms with van der Waals surface area (Å²) in [6.07, 6.45) is 1.35. The van der Waals surface area contributed by atoms with Crippen molar-refractivity contribution in [3.05, 3.63) is 102 Å². The van der Waals surface area contributed by atoms with Crippen LogP contribution >= 0.6 is 7.60 Å². The fourth-order valence-corrected chi connectivity index (χ4v) is 7.18. The summed E-state index contributed by atoms with van der Waals surface area (Å²) in [4.78, 5) is 80.7. The number of nitrogens with zero attached hydrogens (tertiary/aromatic N) is 3. The summed E-state index contributed by atoms with van der Waals surface area (Å²) >= 11 is 0. The van der Waals surface area contributed by atoms with E-state index in [0.29, 0.717) is 31.5 Å². The van der Waals surface area contributed by atoms with E-state index in [-0.39, 0.29) is 47.5 Å². The number of carbonyl (C=O) groups excluding carboxylic acids is 4. The van der Waals surface area contributed by atoms with Gasteiger partial charge in [-0.25, -0.2) is 0 Å². The van der Waals surface area contributed by atoms with E-state index >= 15 is 0 Å². The summed E-state index contributed by atoms with van der Waals surface area (Å²) in [5.74, 6) is -1.88. The van der Waals surface area contributed by atoms with Gasteiger partial charge in [0.05, 0.1) is 6.54 Å². The van der Waals surface area contributed by atoms with Crippen LogP contribution in [0.3, 0.4) is 0 Å². The Morgan fingerprint density at radius 2 is 1.66 bits per heavy atom. The van der Waals surface area contributed by atoms with Crippen molar-refractivity contribution in [1.82, 2.24) is 20.1 Å². The lowest BCUT2D eigenvalue weighted by Crippen LogP contribution is -2.61. The molecule has 4 N–H and O–H groups in total. The molecule has 2 fully saturated rings. The third-order valence-corrected chi connectivity index (χ3v) is 10.3. The molecule has 15 heteroatoms. The van der Waals surface area contributed by atoms with E-state index in [1.165, 1.54) is 24.0 Å². The fraction of sp³-hybridized carbons (Fsp3) is 0.314. The summed E-state index contributed by atoms with van der Waals surface area (Å²) < 4.78 is 40.2. The molecule has 1 aromatic heterocycles. The number of benzene rings is 3. The Morgan fingerprint density at radius 1 is 0.980 bits per heavy atom. The highest BCUT2D eigenvalue weighted by molar-refractivity contribution is 7.52. The summed E-state index contributed by atoms with van der Waals surface area (Å²) in [7, 11) is -5.82. The average Bonchev–Trinajstić information content (AvgIpc) is 3.71. The maximum Gasteiger partial charge on any atom is 0.399 e. The zero-order chi connectivity index (χ0) is 35.8. The first-order valence-electron chi connectivity index (χ1n) is 16.1. The standard InChI is InChI=1S/C35H36F2N5O7P/c1-22(43)40-17-16-27-13-15-31(34(46)41(26-10-6-3-7-11-26)20-23-8-4-2-5-9-23)42(27)33(45)30(21-40)39-32(44)29-19-24-18-25(12-14-28(24)38-29)35(36,37)50(47,48)49/h2-12,14,18-19,27,30-31,38H,13,15-17,20-21H2,1H3,(H,39,44)(H2,47,48,49)/t27-,30+,31+/m1/s1. The number of hydrogen-bond acceptors (Lipinski definition) is 5. The minimum Gasteiger partial charge on any atom is -0.351 e. The maximum atomic E-state index is 14.4. The number of fused-ring (bicyclic) bond motifs is 2. The van der Waals surface area contributed by atoms with E-state index in [0.717, 1.165) is 17.7 Å². The first-order chi connectivity index (χ1) is 23.7. The molecule has 3 heterocycles. The van der Waals surface area contributed by atoms with Crippen molar-refractivity contribution >= 4 is 47.8 Å². The van der Waals surface area contributed by atoms with Crippen molar-refractivity contribution in [2.75, 3.05) is 18.0 Å². The lowest BCUT2D eigenvalue weighted by molar-refractivity contribution is -0.144. The molecule has 3 atom stereocenters. The van der Waals surface area contributed by atoms with Crippen LogP contribution in [0.15, 0.2) is 84.9 Å². The second kappa shape index (κ2) is 13.8. The third-order valence-electron chi connectivity index (χ3n) is 9.32. The molecule has 0 unspecified atom stereocenters. The molecule has 12 nitrogen and oxygen atoms in total. The van der Waals surface area contributed by atoms with Gasteiger partial charge in [-0.3, -0.25) is 23.7 Å². The van der Waals surface area contributed by atoms with E-state index in [1.807, 2.05) is 60.7 Å². The number of halogens is 2. The second-order valence-corrected chi connectivity index (χ2v) is 14.2. The highest BCUT2D eigenvalue weighted by Crippen LogP contribution is 2.59. The smallest absolute Gasteiger partial charge is 0.351 e. The number of aromatic nitrogens is 1. The van der Waals surface area contributed by atoms with Gasteiger partial charge in [-0.15, -0.1) is 0 Å². The Labute approximate surface area is 286 Å². The van der Waals surface area contributed by atoms with Gasteiger partial charge in [-0.1, -0.05) is 54.6 Å². The number of H-pyrrole nitrogens is 1. The highest BCUT2D eigenvalue weighted by Gasteiger charge is 2.50. The number of hydrogen-bond donors (Lipinski definition) is 4. The van der Waals surface area contributed by atoms with Gasteiger partial charge < -0.3 is 34.8 Å². The quantitative estimate of drug-likeness (QED) is 0.198. The van der Waals surface area contributed by atoms with Crippen LogP contribution in [0, 0.1) is 0 Å². The van der Waals surface area contributed by atoms with Crippen molar-refractivity contribution in [3.8, 4) is 0 Å². The molecule has 0 bridgehead atoms. The Morgan fingerprint density at radius 3 is 2.32 bits per heavy atom. The molecule has 0 radical (unpaired) electrons. The summed E-state index contributed by atoms with van der Waals surface area (Å²) in [5.41, 5.74) is -3.68. The first kappa shape index (κ1) is 34.9. The molecular formula is C35H36F2N5O7P. The van der Waals surface area contributed by atoms with Crippen molar-refractivity contribution in [3.63, 3.8) is 0 Å². The van der Waals surface area contributed by atoms with E-state index < -0.39 is 42.7 Å². The Bertz CT molecular complexity index is 1970. The van der Waals surface area contributed by atoms with E-state index in [9.17, 15) is 32.5 Å². The number of alkyl halides is 2. The monoisotopic (exact) mass is 707 g/mol. The van der Waals surface area contributed by atoms with Gasteiger partial charge in [0.2, 0.25) is 17.7 Å². The van der Waals surface area contributed by atoms with Crippen LogP contribution in [0.5, 0.6) is 0 Å². The number of amides is 4. The Kier molecular flexibility index (Phi) is 9.62. The van der Waals surface area contributed by atoms with Crippen molar-refractivity contribution < 1.29 is 42.3 Å². The molecule has 3 aromatic carbocycles. The highest BCUT2D eigenvalue weighted by atomic mass is 31.2. The number of para-hydroxylation sites is 1. The van der Waals surface area contributed by atoms with Crippen LogP contribution in [0.25, 0.3) is 10.9 Å². The largest absolute Gasteiger partial charge is 0.399 e. The predicted molar refractivity (Wildman–Crippen MR) is 180 cm³/mol. The minimum absolute atomic E-state index is 0.0832. The SMILES string of the molecule is CC(=O)N1CC[C@H]2CC[C@@H](C(=O)N(Cc3ccccc3)c3ccccc3)N2C(=O)[C@@H](NC(=O)c2cc3cc(C(F)(F)P(=O)(O)O)ccc3[nH]2)C1. The zero-order valence-electron chi connectivity index (χ0n) is 27.0. The summed E-state index contributed by atoms with van der Waals surface area (Å²) in [6, 6.07) is 20.3. The molecule has 50 heavy (non-hydrogen) atoms. The van der Waals surface area contributed by atoms with Gasteiger partial charge in [0.15, 0.2) is 0 Å². The number of aromatic amines is 1. The molecule has 4 aromatic rings. The molecule has 0 aliphatic carbocycles. The number of nitrogens with one attached hydrogen (secondary N) is 2. The van der Waals surface area contributed by atoms with Gasteiger partial charge in [-0.05, 0) is 55.2 Å². The number of anilines is 1. The summed E-state index contributed by atoms with van der Waals surface area (Å²) in [6.45, 7) is 1.78. The Hall–Kier alpha value is -4.91. The van der Waals surface area contributed by atoms with Crippen LogP contribution in [-0.4, -0.2) is 79.4 Å². The minimum atomic E-state index is -5.82. The van der Waals surface area contributed by atoms with Gasteiger partial charge in [-0.2, -0.15) is 8.78 Å². The van der Waals surface area contributed by atoms with Crippen molar-refractivity contribution in [2.45, 2.75) is 56.5 Å². The molecule has 4 amide bonds. The van der Waals surface area contributed by atoms with Crippen LogP contribution in [0.1, 0.15) is 47.8 Å². The van der Waals surface area contributed by atoms with E-state index in [2.05, 4.69) is 10.3 Å². The normalized spacial score (nSPS) is 19.9. The molecule has 262 valence electrons. The predicted octanol–water partition coefficient (Wildman–Crippen LogP) is 4.34. The third kappa shape index (κ3) is 6.91. The van der Waals surface area contributed by atoms with Crippen molar-refractivity contribution in [2.24, 2.45) is 0 Å². The molecule has 2 aliphatic heterocycles. The van der Waals surface area contributed by atoms with Gasteiger partial charge in [0, 0.05) is 48.2 Å². The fourth-order valence-electron chi connectivity index (χ4n) is 6.71. The summed E-state index contributed by atoms with van der Waals surface area (Å²) in [5, 5.41) is 2.77. The lowest BCUT2D eigenvalue weighted by atomic mass is 10.1. The van der Waals surface area contributed by atoms with Gasteiger partial charge in [0.25, 0.3) is 5.91 Å². The molecule has 6 rings (SSSR count).